The highest BCUT2D eigenvalue weighted by Gasteiger charge is 2.30. The average molecular weight is 651 g/mol. The van der Waals surface area contributed by atoms with Crippen molar-refractivity contribution in [2.45, 2.75) is 43.9 Å². The molecule has 1 unspecified atom stereocenters. The molecule has 48 heavy (non-hydrogen) atoms. The largest absolute Gasteiger partial charge is 0.384 e. The highest BCUT2D eigenvalue weighted by atomic mass is 16.5. The van der Waals surface area contributed by atoms with Gasteiger partial charge in [-0.15, -0.1) is 0 Å². The minimum absolute atomic E-state index is 0.0553. The standard InChI is InChI=1S/C36H42N8O4/c37-32(38)26-14-12-23(13-15-26)19-29(28-17-16-25-9-4-5-10-27(25)20-28)34(46)44-31(22-48-21-24-7-2-1-3-8-24)35(47)43-30(33(39)45)11-6-18-42-36(40)41/h1-5,7-10,12-17,20,29-31H,6,11,18-19,21-22H2,(H3,37,38)(H2,39,45)(H,43,47)(H,44,46)(H4,40,41,42)/t29?,30-,31-/m0/s1. The molecule has 3 atom stereocenters. The summed E-state index contributed by atoms with van der Waals surface area (Å²) in [6.07, 6.45) is 0.884. The maximum Gasteiger partial charge on any atom is 0.245 e. The van der Waals surface area contributed by atoms with Crippen molar-refractivity contribution in [2.75, 3.05) is 13.2 Å². The van der Waals surface area contributed by atoms with Crippen LogP contribution in [0.3, 0.4) is 0 Å². The first-order chi connectivity index (χ1) is 23.1. The van der Waals surface area contributed by atoms with Gasteiger partial charge in [0.1, 0.15) is 17.9 Å². The van der Waals surface area contributed by atoms with E-state index in [2.05, 4.69) is 15.6 Å². The molecule has 0 aromatic heterocycles. The maximum absolute atomic E-state index is 14.2. The molecule has 0 bridgehead atoms. The number of rotatable bonds is 17. The predicted molar refractivity (Wildman–Crippen MR) is 187 cm³/mol. The number of primary amides is 1. The first-order valence-electron chi connectivity index (χ1n) is 15.6. The van der Waals surface area contributed by atoms with Crippen LogP contribution in [0, 0.1) is 5.41 Å². The molecule has 0 fully saturated rings. The Bertz CT molecular complexity index is 1740. The zero-order chi connectivity index (χ0) is 34.5. The fourth-order valence-corrected chi connectivity index (χ4v) is 5.23. The molecule has 0 radical (unpaired) electrons. The number of nitrogens with zero attached hydrogens (tertiary/aromatic N) is 1. The van der Waals surface area contributed by atoms with E-state index < -0.39 is 35.7 Å². The van der Waals surface area contributed by atoms with E-state index >= 15 is 0 Å². The van der Waals surface area contributed by atoms with Gasteiger partial charge in [-0.25, -0.2) is 0 Å². The van der Waals surface area contributed by atoms with E-state index in [1.807, 2.05) is 84.9 Å². The van der Waals surface area contributed by atoms with Crippen molar-refractivity contribution in [3.63, 3.8) is 0 Å². The van der Waals surface area contributed by atoms with E-state index in [0.717, 1.165) is 27.5 Å². The number of hydrogen-bond donors (Lipinski definition) is 7. The summed E-state index contributed by atoms with van der Waals surface area (Å²) < 4.78 is 5.90. The van der Waals surface area contributed by atoms with Crippen LogP contribution in [0.5, 0.6) is 0 Å². The third kappa shape index (κ3) is 10.4. The molecule has 0 heterocycles. The van der Waals surface area contributed by atoms with E-state index in [-0.39, 0.29) is 38.0 Å². The number of ether oxygens (including phenoxy) is 1. The van der Waals surface area contributed by atoms with Gasteiger partial charge in [-0.05, 0) is 46.7 Å². The zero-order valence-corrected chi connectivity index (χ0v) is 26.6. The summed E-state index contributed by atoms with van der Waals surface area (Å²) >= 11 is 0. The smallest absolute Gasteiger partial charge is 0.245 e. The quantitative estimate of drug-likeness (QED) is 0.0512. The second-order valence-corrected chi connectivity index (χ2v) is 11.4. The lowest BCUT2D eigenvalue weighted by Crippen LogP contribution is -2.55. The highest BCUT2D eigenvalue weighted by molar-refractivity contribution is 5.95. The van der Waals surface area contributed by atoms with E-state index in [1.54, 1.807) is 12.1 Å². The topological polar surface area (TPSA) is 225 Å². The molecular formula is C36H42N8O4. The fourth-order valence-electron chi connectivity index (χ4n) is 5.23. The molecule has 4 aromatic carbocycles. The molecule has 0 saturated carbocycles. The van der Waals surface area contributed by atoms with Crippen LogP contribution in [-0.2, 0) is 32.1 Å². The minimum atomic E-state index is -1.15. The third-order valence-corrected chi connectivity index (χ3v) is 7.83. The van der Waals surface area contributed by atoms with Gasteiger partial charge in [-0.2, -0.15) is 0 Å². The zero-order valence-electron chi connectivity index (χ0n) is 26.6. The van der Waals surface area contributed by atoms with Crippen molar-refractivity contribution in [1.82, 2.24) is 10.6 Å². The predicted octanol–water partition coefficient (Wildman–Crippen LogP) is 2.18. The monoisotopic (exact) mass is 650 g/mol. The van der Waals surface area contributed by atoms with Gasteiger partial charge in [0, 0.05) is 12.1 Å². The van der Waals surface area contributed by atoms with Gasteiger partial charge in [0.05, 0.1) is 19.1 Å². The number of carbonyl (C=O) groups is 3. The van der Waals surface area contributed by atoms with Crippen LogP contribution in [0.2, 0.25) is 0 Å². The number of fused-ring (bicyclic) bond motifs is 1. The lowest BCUT2D eigenvalue weighted by atomic mass is 9.89. The van der Waals surface area contributed by atoms with Crippen LogP contribution >= 0.6 is 0 Å². The highest BCUT2D eigenvalue weighted by Crippen LogP contribution is 2.26. The van der Waals surface area contributed by atoms with Crippen LogP contribution in [-0.4, -0.2) is 54.8 Å². The third-order valence-electron chi connectivity index (χ3n) is 7.83. The molecule has 12 heteroatoms. The molecule has 0 spiro atoms. The molecule has 12 nitrogen and oxygen atoms in total. The fraction of sp³-hybridized carbons (Fsp3) is 0.250. The van der Waals surface area contributed by atoms with Gasteiger partial charge in [0.15, 0.2) is 5.96 Å². The summed E-state index contributed by atoms with van der Waals surface area (Å²) in [7, 11) is 0. The van der Waals surface area contributed by atoms with E-state index in [9.17, 15) is 14.4 Å². The Hall–Kier alpha value is -5.75. The van der Waals surface area contributed by atoms with Crippen LogP contribution in [0.15, 0.2) is 102 Å². The molecule has 250 valence electrons. The first-order valence-corrected chi connectivity index (χ1v) is 15.6. The van der Waals surface area contributed by atoms with Gasteiger partial charge < -0.3 is 38.3 Å². The molecule has 0 aliphatic rings. The lowest BCUT2D eigenvalue weighted by molar-refractivity contribution is -0.133. The van der Waals surface area contributed by atoms with Crippen molar-refractivity contribution in [2.24, 2.45) is 27.9 Å². The molecule has 0 saturated heterocycles. The Morgan fingerprint density at radius 2 is 1.42 bits per heavy atom. The van der Waals surface area contributed by atoms with Gasteiger partial charge in [-0.1, -0.05) is 97.1 Å². The van der Waals surface area contributed by atoms with Crippen LogP contribution in [0.25, 0.3) is 10.8 Å². The second-order valence-electron chi connectivity index (χ2n) is 11.4. The van der Waals surface area contributed by atoms with E-state index in [4.69, 9.17) is 33.1 Å². The summed E-state index contributed by atoms with van der Waals surface area (Å²) in [5.74, 6) is -2.60. The number of benzene rings is 4. The van der Waals surface area contributed by atoms with Crippen molar-refractivity contribution >= 4 is 40.3 Å². The van der Waals surface area contributed by atoms with Crippen molar-refractivity contribution in [1.29, 1.82) is 5.41 Å². The summed E-state index contributed by atoms with van der Waals surface area (Å²) in [6.45, 7) is 0.293. The van der Waals surface area contributed by atoms with E-state index in [0.29, 0.717) is 18.4 Å². The number of nitrogens with one attached hydrogen (secondary N) is 3. The van der Waals surface area contributed by atoms with Crippen molar-refractivity contribution in [3.8, 4) is 0 Å². The minimum Gasteiger partial charge on any atom is -0.384 e. The van der Waals surface area contributed by atoms with E-state index in [1.165, 1.54) is 0 Å². The number of carbonyl (C=O) groups excluding carboxylic acids is 3. The van der Waals surface area contributed by atoms with Crippen molar-refractivity contribution in [3.05, 3.63) is 119 Å². The summed E-state index contributed by atoms with van der Waals surface area (Å²) in [5.41, 5.74) is 25.1. The van der Waals surface area contributed by atoms with Gasteiger partial charge in [-0.3, -0.25) is 24.8 Å². The van der Waals surface area contributed by atoms with Crippen LogP contribution in [0.1, 0.15) is 41.0 Å². The molecular weight excluding hydrogens is 608 g/mol. The second kappa shape index (κ2) is 17.2. The summed E-state index contributed by atoms with van der Waals surface area (Å²) in [4.78, 5) is 44.0. The molecule has 3 amide bonds. The normalized spacial score (nSPS) is 12.8. The number of hydrogen-bond acceptors (Lipinski definition) is 6. The Kier molecular flexibility index (Phi) is 12.6. The van der Waals surface area contributed by atoms with Gasteiger partial charge in [0.2, 0.25) is 17.7 Å². The Balaban J connectivity index is 1.59. The summed E-state index contributed by atoms with van der Waals surface area (Å²) in [5, 5.41) is 15.3. The molecule has 0 aliphatic heterocycles. The van der Waals surface area contributed by atoms with Gasteiger partial charge >= 0.3 is 0 Å². The number of aliphatic imine (C=N–C) groups is 1. The molecule has 4 aromatic rings. The van der Waals surface area contributed by atoms with Crippen molar-refractivity contribution < 1.29 is 19.1 Å². The first kappa shape index (κ1) is 35.1. The Labute approximate surface area is 279 Å². The molecule has 4 rings (SSSR count). The average Bonchev–Trinajstić information content (AvgIpc) is 3.08. The summed E-state index contributed by atoms with van der Waals surface area (Å²) in [6, 6.07) is 28.0. The Morgan fingerprint density at radius 1 is 0.750 bits per heavy atom. The number of amidine groups is 1. The lowest BCUT2D eigenvalue weighted by Gasteiger charge is -2.25. The number of nitrogen functional groups attached to an aromatic ring is 1. The SMILES string of the molecule is N=C(N)c1ccc(CC(C(=O)N[C@@H](COCc2ccccc2)C(=O)N[C@@H](CCCN=C(N)N)C(N)=O)c2ccc3ccccc3c2)cc1. The number of guanidine groups is 1. The maximum atomic E-state index is 14.2. The van der Waals surface area contributed by atoms with Crippen LogP contribution < -0.4 is 33.6 Å². The molecule has 0 aliphatic carbocycles. The van der Waals surface area contributed by atoms with Gasteiger partial charge in [0.25, 0.3) is 0 Å². The Morgan fingerprint density at radius 3 is 2.08 bits per heavy atom. The molecule has 11 N–H and O–H groups in total. The van der Waals surface area contributed by atoms with Crippen LogP contribution in [0.4, 0.5) is 0 Å². The number of nitrogens with two attached hydrogens (primary N) is 4. The number of amides is 3.